The quantitative estimate of drug-likeness (QED) is 0.179. The molecule has 0 saturated heterocycles. The van der Waals surface area contributed by atoms with Crippen molar-refractivity contribution < 1.29 is 0 Å². The van der Waals surface area contributed by atoms with Crippen LogP contribution in [0.1, 0.15) is 18.4 Å². The highest BCUT2D eigenvalue weighted by Gasteiger charge is 2.38. The van der Waals surface area contributed by atoms with Crippen molar-refractivity contribution in [3.63, 3.8) is 0 Å². The number of benzene rings is 8. The van der Waals surface area contributed by atoms with Crippen LogP contribution in [0.5, 0.6) is 0 Å². The summed E-state index contributed by atoms with van der Waals surface area (Å²) in [5.74, 6) is 0.642. The Kier molecular flexibility index (Phi) is 7.53. The van der Waals surface area contributed by atoms with Crippen LogP contribution in [0.25, 0.3) is 66.0 Å². The molecule has 0 saturated carbocycles. The van der Waals surface area contributed by atoms with E-state index in [-0.39, 0.29) is 5.92 Å². The third-order valence-corrected chi connectivity index (χ3v) is 11.8. The molecular formula is C53H39N3. The molecule has 0 fully saturated rings. The first-order valence-electron chi connectivity index (χ1n) is 19.5. The van der Waals surface area contributed by atoms with Gasteiger partial charge in [0.05, 0.1) is 0 Å². The van der Waals surface area contributed by atoms with E-state index in [0.29, 0.717) is 5.92 Å². The Morgan fingerprint density at radius 3 is 2.16 bits per heavy atom. The second-order valence-corrected chi connectivity index (χ2v) is 15.2. The molecule has 3 heteroatoms. The summed E-state index contributed by atoms with van der Waals surface area (Å²) in [5.41, 5.74) is 16.8. The maximum absolute atomic E-state index is 3.87. The van der Waals surface area contributed by atoms with Crippen molar-refractivity contribution in [1.82, 2.24) is 4.98 Å². The third-order valence-electron chi connectivity index (χ3n) is 11.8. The molecule has 1 aromatic heterocycles. The van der Waals surface area contributed by atoms with Crippen LogP contribution in [0.2, 0.25) is 0 Å². The number of para-hydroxylation sites is 1. The third kappa shape index (κ3) is 5.35. The van der Waals surface area contributed by atoms with Crippen molar-refractivity contribution in [3.8, 4) is 33.4 Å². The largest absolute Gasteiger partial charge is 0.355 e. The van der Waals surface area contributed by atoms with E-state index in [1.54, 1.807) is 0 Å². The number of hydrogen-bond acceptors (Lipinski definition) is 2. The zero-order valence-corrected chi connectivity index (χ0v) is 31.1. The number of fused-ring (bicyclic) bond motifs is 7. The van der Waals surface area contributed by atoms with Crippen LogP contribution < -0.4 is 10.2 Å². The molecule has 266 valence electrons. The number of nitrogens with one attached hydrogen (secondary N) is 2. The van der Waals surface area contributed by atoms with Gasteiger partial charge in [0.2, 0.25) is 0 Å². The fourth-order valence-corrected chi connectivity index (χ4v) is 9.11. The minimum atomic E-state index is 0.270. The number of allylic oxidation sites excluding steroid dienone is 4. The highest BCUT2D eigenvalue weighted by atomic mass is 15.2. The number of anilines is 4. The molecule has 2 heterocycles. The number of aromatic nitrogens is 1. The van der Waals surface area contributed by atoms with Crippen LogP contribution in [-0.4, -0.2) is 4.98 Å². The zero-order chi connectivity index (χ0) is 37.2. The van der Waals surface area contributed by atoms with Gasteiger partial charge in [-0.2, -0.15) is 0 Å². The molecule has 2 atom stereocenters. The maximum atomic E-state index is 3.87. The van der Waals surface area contributed by atoms with Crippen LogP contribution in [0, 0.1) is 5.92 Å². The zero-order valence-electron chi connectivity index (χ0n) is 31.1. The second kappa shape index (κ2) is 13.0. The van der Waals surface area contributed by atoms with Crippen molar-refractivity contribution in [2.45, 2.75) is 12.8 Å². The van der Waals surface area contributed by atoms with E-state index in [4.69, 9.17) is 0 Å². The number of nitrogens with zero attached hydrogens (tertiary/aromatic N) is 1. The van der Waals surface area contributed by atoms with Gasteiger partial charge in [-0.25, -0.2) is 0 Å². The molecule has 1 aliphatic carbocycles. The highest BCUT2D eigenvalue weighted by Crippen LogP contribution is 2.53. The molecule has 8 aromatic carbocycles. The van der Waals surface area contributed by atoms with Crippen molar-refractivity contribution in [3.05, 3.63) is 205 Å². The predicted molar refractivity (Wildman–Crippen MR) is 237 cm³/mol. The molecule has 0 bridgehead atoms. The van der Waals surface area contributed by atoms with Gasteiger partial charge in [0.15, 0.2) is 0 Å². The fraction of sp³-hybridized carbons (Fsp3) is 0.0566. The number of H-pyrrole nitrogens is 1. The van der Waals surface area contributed by atoms with E-state index in [9.17, 15) is 0 Å². The molecule has 9 aromatic rings. The summed E-state index contributed by atoms with van der Waals surface area (Å²) in [6, 6.07) is 64.1. The molecule has 0 radical (unpaired) electrons. The average Bonchev–Trinajstić information content (AvgIpc) is 3.80. The lowest BCUT2D eigenvalue weighted by atomic mass is 9.83. The van der Waals surface area contributed by atoms with Gasteiger partial charge in [0.1, 0.15) is 0 Å². The molecule has 0 spiro atoms. The van der Waals surface area contributed by atoms with E-state index >= 15 is 0 Å². The van der Waals surface area contributed by atoms with E-state index in [1.807, 2.05) is 0 Å². The van der Waals surface area contributed by atoms with Crippen LogP contribution in [0.3, 0.4) is 0 Å². The molecule has 0 amide bonds. The van der Waals surface area contributed by atoms with Gasteiger partial charge in [-0.3, -0.25) is 0 Å². The minimum Gasteiger partial charge on any atom is -0.355 e. The van der Waals surface area contributed by atoms with Crippen LogP contribution in [0.4, 0.5) is 22.7 Å². The van der Waals surface area contributed by atoms with E-state index < -0.39 is 0 Å². The Balaban J connectivity index is 1.05. The summed E-state index contributed by atoms with van der Waals surface area (Å²) in [5, 5.41) is 8.75. The molecule has 11 rings (SSSR count). The second-order valence-electron chi connectivity index (χ2n) is 15.2. The van der Waals surface area contributed by atoms with Crippen molar-refractivity contribution in [2.75, 3.05) is 10.2 Å². The predicted octanol–water partition coefficient (Wildman–Crippen LogP) is 14.5. The monoisotopic (exact) mass is 717 g/mol. The first-order chi connectivity index (χ1) is 27.7. The highest BCUT2D eigenvalue weighted by molar-refractivity contribution is 6.09. The lowest BCUT2D eigenvalue weighted by Crippen LogP contribution is -2.18. The Morgan fingerprint density at radius 2 is 1.23 bits per heavy atom. The Hall–Kier alpha value is -7.10. The molecule has 1 aliphatic heterocycles. The molecule has 3 nitrogen and oxygen atoms in total. The smallest absolute Gasteiger partial charge is 0.0498 e. The van der Waals surface area contributed by atoms with Crippen molar-refractivity contribution >= 4 is 55.3 Å². The standard InChI is InChI=1S/C53H39N3/c1-34-12-9-23-52-53(34)46-32-39(26-29-51(46)56(52)41-18-10-17-37(30-41)35-13-3-2-4-14-35)38-24-27-49(54-47-22-11-16-36-15-5-6-19-42(36)47)44(31-38)40-25-28-50-45(33-40)43-20-7-8-21-48(43)55-50/h2-34,53-55H,1H3. The molecular weight excluding hydrogens is 679 g/mol. The first kappa shape index (κ1) is 32.3. The van der Waals surface area contributed by atoms with Gasteiger partial charge in [0, 0.05) is 67.1 Å². The fourth-order valence-electron chi connectivity index (χ4n) is 9.11. The normalized spacial score (nSPS) is 15.9. The van der Waals surface area contributed by atoms with E-state index in [0.717, 1.165) is 28.0 Å². The molecule has 2 N–H and O–H groups in total. The molecule has 2 aliphatic rings. The summed E-state index contributed by atoms with van der Waals surface area (Å²) < 4.78 is 0. The van der Waals surface area contributed by atoms with Gasteiger partial charge < -0.3 is 15.2 Å². The number of rotatable bonds is 6. The summed E-state index contributed by atoms with van der Waals surface area (Å²) in [4.78, 5) is 6.10. The van der Waals surface area contributed by atoms with E-state index in [2.05, 4.69) is 216 Å². The van der Waals surface area contributed by atoms with Crippen LogP contribution in [-0.2, 0) is 0 Å². The van der Waals surface area contributed by atoms with Gasteiger partial charge >= 0.3 is 0 Å². The number of hydrogen-bond donors (Lipinski definition) is 2. The first-order valence-corrected chi connectivity index (χ1v) is 19.5. The lowest BCUT2D eigenvalue weighted by Gasteiger charge is -2.27. The lowest BCUT2D eigenvalue weighted by molar-refractivity contribution is 0.618. The molecule has 56 heavy (non-hydrogen) atoms. The van der Waals surface area contributed by atoms with Gasteiger partial charge in [0.25, 0.3) is 0 Å². The molecule has 2 unspecified atom stereocenters. The SMILES string of the molecule is CC1C=CC=C2C1c1cc(-c3ccc(Nc4cccc5ccccc45)c(-c4ccc5[nH]c6ccccc6c5c4)c3)ccc1N2c1cccc(-c2ccccc2)c1. The van der Waals surface area contributed by atoms with Crippen LogP contribution in [0.15, 0.2) is 200 Å². The topological polar surface area (TPSA) is 31.1 Å². The Bertz CT molecular complexity index is 3030. The van der Waals surface area contributed by atoms with E-state index in [1.165, 1.54) is 72.0 Å². The summed E-state index contributed by atoms with van der Waals surface area (Å²) >= 11 is 0. The van der Waals surface area contributed by atoms with Gasteiger partial charge in [-0.05, 0) is 111 Å². The summed E-state index contributed by atoms with van der Waals surface area (Å²) in [6.45, 7) is 2.35. The van der Waals surface area contributed by atoms with Gasteiger partial charge in [-0.15, -0.1) is 0 Å². The summed E-state index contributed by atoms with van der Waals surface area (Å²) in [6.07, 6.45) is 6.89. The Morgan fingerprint density at radius 1 is 0.518 bits per heavy atom. The van der Waals surface area contributed by atoms with Crippen molar-refractivity contribution in [1.29, 1.82) is 0 Å². The van der Waals surface area contributed by atoms with Gasteiger partial charge in [-0.1, -0.05) is 134 Å². The maximum Gasteiger partial charge on any atom is 0.0498 e. The number of aromatic amines is 1. The van der Waals surface area contributed by atoms with Crippen LogP contribution >= 0.6 is 0 Å². The Labute approximate surface area is 326 Å². The van der Waals surface area contributed by atoms with Crippen molar-refractivity contribution in [2.24, 2.45) is 5.92 Å². The average molecular weight is 718 g/mol. The minimum absolute atomic E-state index is 0.270. The summed E-state index contributed by atoms with van der Waals surface area (Å²) in [7, 11) is 0.